The average molecular weight is 548 g/mol. The second-order valence-corrected chi connectivity index (χ2v) is 9.41. The zero-order chi connectivity index (χ0) is 24.7. The van der Waals surface area contributed by atoms with E-state index in [2.05, 4.69) is 5.32 Å². The molecule has 1 heterocycles. The summed E-state index contributed by atoms with van der Waals surface area (Å²) in [6.07, 6.45) is 1.41. The van der Waals surface area contributed by atoms with Gasteiger partial charge in [-0.3, -0.25) is 9.59 Å². The maximum Gasteiger partial charge on any atom is 0.339 e. The molecule has 2 aromatic carbocycles. The van der Waals surface area contributed by atoms with E-state index in [-0.39, 0.29) is 47.4 Å². The minimum atomic E-state index is -0.498. The first-order valence-electron chi connectivity index (χ1n) is 11.8. The van der Waals surface area contributed by atoms with E-state index in [1.165, 1.54) is 7.11 Å². The van der Waals surface area contributed by atoms with Crippen LogP contribution in [0.4, 0.5) is 5.69 Å². The topological polar surface area (TPSA) is 81.7 Å². The zero-order valence-electron chi connectivity index (χ0n) is 20.9. The van der Waals surface area contributed by atoms with Crippen molar-refractivity contribution in [2.45, 2.75) is 46.3 Å². The summed E-state index contributed by atoms with van der Waals surface area (Å²) in [5.41, 5.74) is 2.68. The molecule has 0 aromatic heterocycles. The van der Waals surface area contributed by atoms with E-state index in [9.17, 15) is 14.4 Å². The number of nitrogens with one attached hydrogen (secondary N) is 1. The van der Waals surface area contributed by atoms with Gasteiger partial charge in [-0.2, -0.15) is 0 Å². The number of halogens is 1. The van der Waals surface area contributed by atoms with Crippen LogP contribution in [0.2, 0.25) is 0 Å². The molecule has 190 valence electrons. The fourth-order valence-corrected chi connectivity index (χ4v) is 4.76. The Morgan fingerprint density at radius 2 is 1.80 bits per heavy atom. The van der Waals surface area contributed by atoms with E-state index in [4.69, 9.17) is 9.47 Å². The molecule has 8 heteroatoms. The van der Waals surface area contributed by atoms with Gasteiger partial charge in [-0.15, -0.1) is 17.0 Å². The highest BCUT2D eigenvalue weighted by atomic mass is 79.9. The normalized spacial score (nSPS) is 19.4. The number of hydrogen-bond acceptors (Lipinski definition) is 5. The van der Waals surface area contributed by atoms with Gasteiger partial charge in [0, 0.05) is 5.56 Å². The number of carbonyl (C=O) groups excluding carboxylic acids is 3. The smallest absolute Gasteiger partial charge is 0.339 e. The van der Waals surface area contributed by atoms with E-state index in [1.54, 1.807) is 12.1 Å². The number of likely N-dealkylation sites (tertiary alicyclic amines) is 1. The van der Waals surface area contributed by atoms with Gasteiger partial charge in [0.1, 0.15) is 12.5 Å². The molecule has 3 rings (SSSR count). The summed E-state index contributed by atoms with van der Waals surface area (Å²) in [6, 6.07) is 15.3. The maximum absolute atomic E-state index is 13.4. The Morgan fingerprint density at radius 3 is 2.46 bits per heavy atom. The molecule has 1 aliphatic rings. The molecule has 1 amide bonds. The van der Waals surface area contributed by atoms with Gasteiger partial charge in [0.2, 0.25) is 0 Å². The molecule has 1 fully saturated rings. The molecule has 0 saturated carbocycles. The first-order chi connectivity index (χ1) is 16.2. The van der Waals surface area contributed by atoms with Crippen molar-refractivity contribution in [2.24, 2.45) is 5.92 Å². The lowest BCUT2D eigenvalue weighted by atomic mass is 9.94. The Bertz CT molecular complexity index is 1030. The van der Waals surface area contributed by atoms with Crippen LogP contribution >= 0.6 is 17.0 Å². The number of anilines is 1. The maximum atomic E-state index is 13.4. The Morgan fingerprint density at radius 1 is 1.09 bits per heavy atom. The van der Waals surface area contributed by atoms with Crippen molar-refractivity contribution in [1.29, 1.82) is 0 Å². The van der Waals surface area contributed by atoms with Crippen molar-refractivity contribution in [3.05, 3.63) is 65.2 Å². The Kier molecular flexibility index (Phi) is 10.5. The number of rotatable bonds is 8. The van der Waals surface area contributed by atoms with Crippen LogP contribution in [-0.4, -0.2) is 55.2 Å². The lowest BCUT2D eigenvalue weighted by Crippen LogP contribution is -2.58. The number of para-hydroxylation sites is 1. The molecular weight excluding hydrogens is 512 g/mol. The van der Waals surface area contributed by atoms with Crippen molar-refractivity contribution >= 4 is 40.5 Å². The van der Waals surface area contributed by atoms with Crippen LogP contribution in [0.15, 0.2) is 48.5 Å². The monoisotopic (exact) mass is 547 g/mol. The minimum absolute atomic E-state index is 0. The number of ether oxygens (including phenoxy) is 2. The van der Waals surface area contributed by atoms with Crippen LogP contribution in [0.25, 0.3) is 0 Å². The van der Waals surface area contributed by atoms with E-state index in [1.807, 2.05) is 57.2 Å². The van der Waals surface area contributed by atoms with Crippen LogP contribution in [-0.2, 0) is 25.6 Å². The lowest BCUT2D eigenvalue weighted by molar-refractivity contribution is -0.940. The standard InChI is InChI=1S/C27H34N2O5.BrH/c1-19(2)34-26(31)22-13-9-15-29(17-22,16-21-11-6-5-7-12-21)18-24(30)28-25-20(3)10-8-14-23(25)27(32)33-4;/h5-8,10-12,14,19,22H,9,13,15-18H2,1-4H3;1H/p+1. The van der Waals surface area contributed by atoms with Gasteiger partial charge in [0.25, 0.3) is 5.91 Å². The summed E-state index contributed by atoms with van der Waals surface area (Å²) >= 11 is 0. The minimum Gasteiger partial charge on any atom is -0.465 e. The fourth-order valence-electron chi connectivity index (χ4n) is 4.76. The molecule has 0 bridgehead atoms. The molecule has 1 aliphatic heterocycles. The zero-order valence-corrected chi connectivity index (χ0v) is 22.6. The van der Waals surface area contributed by atoms with Crippen molar-refractivity contribution in [2.75, 3.05) is 32.1 Å². The van der Waals surface area contributed by atoms with Crippen molar-refractivity contribution < 1.29 is 28.3 Å². The number of carbonyl (C=O) groups is 3. The van der Waals surface area contributed by atoms with Crippen molar-refractivity contribution in [1.82, 2.24) is 0 Å². The second kappa shape index (κ2) is 12.8. The summed E-state index contributed by atoms with van der Waals surface area (Å²) in [6.45, 7) is 7.68. The number of esters is 2. The van der Waals surface area contributed by atoms with Gasteiger partial charge in [-0.1, -0.05) is 42.5 Å². The molecule has 2 aromatic rings. The Hall–Kier alpha value is -2.71. The summed E-state index contributed by atoms with van der Waals surface area (Å²) in [7, 11) is 1.32. The Labute approximate surface area is 218 Å². The molecule has 35 heavy (non-hydrogen) atoms. The molecule has 7 nitrogen and oxygen atoms in total. The number of amides is 1. The number of piperidine rings is 1. The largest absolute Gasteiger partial charge is 0.465 e. The van der Waals surface area contributed by atoms with Crippen molar-refractivity contribution in [3.63, 3.8) is 0 Å². The average Bonchev–Trinajstić information content (AvgIpc) is 2.80. The molecule has 2 atom stereocenters. The van der Waals surface area contributed by atoms with Crippen LogP contribution < -0.4 is 5.32 Å². The number of aryl methyl sites for hydroxylation is 1. The van der Waals surface area contributed by atoms with Gasteiger partial charge >= 0.3 is 11.9 Å². The van der Waals surface area contributed by atoms with E-state index < -0.39 is 5.97 Å². The molecule has 1 N–H and O–H groups in total. The predicted octanol–water partition coefficient (Wildman–Crippen LogP) is 4.68. The van der Waals surface area contributed by atoms with Crippen LogP contribution in [0.5, 0.6) is 0 Å². The highest BCUT2D eigenvalue weighted by molar-refractivity contribution is 8.93. The number of methoxy groups -OCH3 is 1. The quantitative estimate of drug-likeness (QED) is 0.383. The number of benzene rings is 2. The second-order valence-electron chi connectivity index (χ2n) is 9.41. The van der Waals surface area contributed by atoms with E-state index >= 15 is 0 Å². The third kappa shape index (κ3) is 7.64. The SMILES string of the molecule is Br.COC(=O)c1cccc(C)c1NC(=O)C[N+]1(Cc2ccccc2)CCCC(C(=O)OC(C)C)C1. The highest BCUT2D eigenvalue weighted by Gasteiger charge is 2.41. The molecule has 0 spiro atoms. The molecule has 0 radical (unpaired) electrons. The lowest BCUT2D eigenvalue weighted by Gasteiger charge is -2.43. The van der Waals surface area contributed by atoms with Crippen molar-refractivity contribution in [3.8, 4) is 0 Å². The molecule has 0 aliphatic carbocycles. The third-order valence-corrected chi connectivity index (χ3v) is 6.26. The van der Waals surface area contributed by atoms with E-state index in [0.717, 1.165) is 30.5 Å². The molecule has 1 saturated heterocycles. The first-order valence-corrected chi connectivity index (χ1v) is 11.8. The van der Waals surface area contributed by atoms with Gasteiger partial charge in [-0.05, 0) is 45.2 Å². The summed E-state index contributed by atoms with van der Waals surface area (Å²) in [5.74, 6) is -1.15. The van der Waals surface area contributed by atoms with Gasteiger partial charge < -0.3 is 19.3 Å². The van der Waals surface area contributed by atoms with Crippen LogP contribution in [0, 0.1) is 12.8 Å². The molecule has 2 unspecified atom stereocenters. The number of nitrogens with zero attached hydrogens (tertiary/aromatic N) is 1. The predicted molar refractivity (Wildman–Crippen MR) is 140 cm³/mol. The van der Waals surface area contributed by atoms with Gasteiger partial charge in [0.05, 0.1) is 37.6 Å². The van der Waals surface area contributed by atoms with Gasteiger partial charge in [0.15, 0.2) is 6.54 Å². The number of quaternary nitrogens is 1. The van der Waals surface area contributed by atoms with Gasteiger partial charge in [-0.25, -0.2) is 4.79 Å². The first kappa shape index (κ1) is 28.5. The Balaban J connectivity index is 0.00000432. The highest BCUT2D eigenvalue weighted by Crippen LogP contribution is 2.29. The van der Waals surface area contributed by atoms with Crippen LogP contribution in [0.3, 0.4) is 0 Å². The summed E-state index contributed by atoms with van der Waals surface area (Å²) in [4.78, 5) is 38.3. The number of hydrogen-bond donors (Lipinski definition) is 1. The van der Waals surface area contributed by atoms with E-state index in [0.29, 0.717) is 28.8 Å². The van der Waals surface area contributed by atoms with Crippen LogP contribution in [0.1, 0.15) is 48.2 Å². The molecular formula is C27H36BrN2O5+. The summed E-state index contributed by atoms with van der Waals surface area (Å²) < 4.78 is 10.8. The fraction of sp³-hybridized carbons (Fsp3) is 0.444. The summed E-state index contributed by atoms with van der Waals surface area (Å²) in [5, 5.41) is 2.96. The third-order valence-electron chi connectivity index (χ3n) is 6.26.